The minimum atomic E-state index is 0.0673. The molecule has 1 unspecified atom stereocenters. The molecule has 0 amide bonds. The molecule has 0 aliphatic heterocycles. The summed E-state index contributed by atoms with van der Waals surface area (Å²) < 4.78 is 2.22. The van der Waals surface area contributed by atoms with Gasteiger partial charge in [-0.05, 0) is 26.2 Å². The van der Waals surface area contributed by atoms with Crippen LogP contribution in [0.3, 0.4) is 0 Å². The van der Waals surface area contributed by atoms with Gasteiger partial charge >= 0.3 is 0 Å². The highest BCUT2D eigenvalue weighted by Gasteiger charge is 2.18. The van der Waals surface area contributed by atoms with E-state index in [0.29, 0.717) is 0 Å². The molecule has 3 heteroatoms. The van der Waals surface area contributed by atoms with Gasteiger partial charge in [-0.1, -0.05) is 59.3 Å². The molecule has 1 heterocycles. The monoisotopic (exact) mass is 312 g/mol. The van der Waals surface area contributed by atoms with E-state index >= 15 is 0 Å². The molecule has 0 radical (unpaired) electrons. The zero-order chi connectivity index (χ0) is 15.7. The largest absolute Gasteiger partial charge is 0.269 e. The molecule has 122 valence electrons. The summed E-state index contributed by atoms with van der Waals surface area (Å²) in [6.07, 6.45) is 11.4. The Balaban J connectivity index is 2.51. The summed E-state index contributed by atoms with van der Waals surface area (Å²) in [5, 5.41) is 4.87. The van der Waals surface area contributed by atoms with Crippen LogP contribution in [0.2, 0.25) is 0 Å². The molecule has 0 spiro atoms. The van der Waals surface area contributed by atoms with Crippen LogP contribution in [-0.4, -0.2) is 9.78 Å². The fourth-order valence-corrected chi connectivity index (χ4v) is 3.31. The quantitative estimate of drug-likeness (QED) is 0.359. The zero-order valence-corrected chi connectivity index (χ0v) is 15.2. The highest BCUT2D eigenvalue weighted by atomic mass is 35.5. The maximum atomic E-state index is 6.36. The first-order valence-corrected chi connectivity index (χ1v) is 9.31. The Labute approximate surface area is 136 Å². The molecule has 0 bridgehead atoms. The van der Waals surface area contributed by atoms with Crippen LogP contribution in [0.15, 0.2) is 0 Å². The van der Waals surface area contributed by atoms with Gasteiger partial charge in [0.25, 0.3) is 0 Å². The molecule has 2 nitrogen and oxygen atoms in total. The van der Waals surface area contributed by atoms with Gasteiger partial charge < -0.3 is 0 Å². The average Bonchev–Trinajstić information content (AvgIpc) is 2.84. The van der Waals surface area contributed by atoms with Crippen molar-refractivity contribution in [1.29, 1.82) is 0 Å². The fraction of sp³-hybridized carbons (Fsp3) is 0.833. The summed E-state index contributed by atoms with van der Waals surface area (Å²) in [6, 6.07) is 0. The molecule has 0 aliphatic carbocycles. The van der Waals surface area contributed by atoms with E-state index in [1.54, 1.807) is 0 Å². The minimum Gasteiger partial charge on any atom is -0.269 e. The molecule has 1 aromatic rings. The number of unbranched alkanes of at least 4 members (excludes halogenated alkanes) is 6. The maximum Gasteiger partial charge on any atom is 0.0671 e. The van der Waals surface area contributed by atoms with Crippen molar-refractivity contribution in [3.8, 4) is 0 Å². The van der Waals surface area contributed by atoms with Crippen molar-refractivity contribution < 1.29 is 0 Å². The van der Waals surface area contributed by atoms with Gasteiger partial charge in [0, 0.05) is 17.8 Å². The van der Waals surface area contributed by atoms with E-state index in [9.17, 15) is 0 Å². The predicted octanol–water partition coefficient (Wildman–Crippen LogP) is 6.06. The summed E-state index contributed by atoms with van der Waals surface area (Å²) in [7, 11) is 0. The number of hydrogen-bond acceptors (Lipinski definition) is 1. The third-order valence-corrected chi connectivity index (χ3v) is 4.43. The summed E-state index contributed by atoms with van der Waals surface area (Å²) >= 11 is 6.36. The van der Waals surface area contributed by atoms with Gasteiger partial charge in [0.05, 0.1) is 11.1 Å². The summed E-state index contributed by atoms with van der Waals surface area (Å²) in [5.74, 6) is 0. The van der Waals surface area contributed by atoms with Crippen molar-refractivity contribution in [3.05, 3.63) is 17.0 Å². The lowest BCUT2D eigenvalue weighted by Crippen LogP contribution is -2.06. The van der Waals surface area contributed by atoms with Crippen molar-refractivity contribution in [3.63, 3.8) is 0 Å². The van der Waals surface area contributed by atoms with Gasteiger partial charge in [-0.15, -0.1) is 11.6 Å². The van der Waals surface area contributed by atoms with Crippen molar-refractivity contribution in [2.45, 2.75) is 97.4 Å². The first-order valence-electron chi connectivity index (χ1n) is 8.88. The van der Waals surface area contributed by atoms with Crippen molar-refractivity contribution in [2.75, 3.05) is 0 Å². The molecule has 0 saturated heterocycles. The standard InChI is InChI=1S/C18H33ClN2/c1-5-8-9-10-11-12-13-14-21-17(7-3)18(15(4)19)16(6-2)20-21/h15H,5-14H2,1-4H3. The Kier molecular flexibility index (Phi) is 9.07. The number of aryl methyl sites for hydroxylation is 2. The average molecular weight is 313 g/mol. The van der Waals surface area contributed by atoms with E-state index in [-0.39, 0.29) is 5.38 Å². The van der Waals surface area contributed by atoms with E-state index in [1.165, 1.54) is 61.9 Å². The Morgan fingerprint density at radius 1 is 0.952 bits per heavy atom. The number of aromatic nitrogens is 2. The number of nitrogens with zero attached hydrogens (tertiary/aromatic N) is 2. The molecule has 1 aromatic heterocycles. The van der Waals surface area contributed by atoms with Gasteiger partial charge in [-0.2, -0.15) is 5.10 Å². The van der Waals surface area contributed by atoms with Crippen LogP contribution in [0.5, 0.6) is 0 Å². The number of halogens is 1. The Morgan fingerprint density at radius 2 is 1.57 bits per heavy atom. The second-order valence-electron chi connectivity index (χ2n) is 5.97. The smallest absolute Gasteiger partial charge is 0.0671 e. The first-order chi connectivity index (χ1) is 10.2. The highest BCUT2D eigenvalue weighted by Crippen LogP contribution is 2.28. The van der Waals surface area contributed by atoms with Gasteiger partial charge in [0.15, 0.2) is 0 Å². The summed E-state index contributed by atoms with van der Waals surface area (Å²) in [5.41, 5.74) is 3.82. The lowest BCUT2D eigenvalue weighted by Gasteiger charge is -2.09. The number of alkyl halides is 1. The third kappa shape index (κ3) is 5.65. The Morgan fingerprint density at radius 3 is 2.10 bits per heavy atom. The molecule has 0 fully saturated rings. The Hall–Kier alpha value is -0.500. The van der Waals surface area contributed by atoms with Gasteiger partial charge in [0.2, 0.25) is 0 Å². The molecule has 21 heavy (non-hydrogen) atoms. The molecule has 0 aromatic carbocycles. The van der Waals surface area contributed by atoms with Gasteiger partial charge in [-0.25, -0.2) is 0 Å². The van der Waals surface area contributed by atoms with Crippen LogP contribution < -0.4 is 0 Å². The lowest BCUT2D eigenvalue weighted by molar-refractivity contribution is 0.508. The van der Waals surface area contributed by atoms with Crippen LogP contribution in [0.1, 0.15) is 95.0 Å². The van der Waals surface area contributed by atoms with E-state index < -0.39 is 0 Å². The zero-order valence-electron chi connectivity index (χ0n) is 14.4. The predicted molar refractivity (Wildman–Crippen MR) is 93.2 cm³/mol. The minimum absolute atomic E-state index is 0.0673. The van der Waals surface area contributed by atoms with E-state index in [0.717, 1.165) is 19.4 Å². The fourth-order valence-electron chi connectivity index (χ4n) is 3.06. The van der Waals surface area contributed by atoms with Gasteiger partial charge in [-0.3, -0.25) is 4.68 Å². The maximum absolute atomic E-state index is 6.36. The molecule has 1 rings (SSSR count). The lowest BCUT2D eigenvalue weighted by atomic mass is 10.1. The molecule has 0 saturated carbocycles. The summed E-state index contributed by atoms with van der Waals surface area (Å²) in [4.78, 5) is 0. The van der Waals surface area contributed by atoms with Crippen molar-refractivity contribution >= 4 is 11.6 Å². The molecule has 1 atom stereocenters. The van der Waals surface area contributed by atoms with E-state index in [4.69, 9.17) is 16.7 Å². The number of rotatable bonds is 11. The van der Waals surface area contributed by atoms with Crippen molar-refractivity contribution in [2.24, 2.45) is 0 Å². The molecular formula is C18H33ClN2. The Bertz CT molecular complexity index is 396. The van der Waals surface area contributed by atoms with Crippen LogP contribution >= 0.6 is 11.6 Å². The van der Waals surface area contributed by atoms with Crippen LogP contribution in [-0.2, 0) is 19.4 Å². The van der Waals surface area contributed by atoms with Crippen LogP contribution in [0.4, 0.5) is 0 Å². The summed E-state index contributed by atoms with van der Waals surface area (Å²) in [6.45, 7) is 9.76. The molecule has 0 N–H and O–H groups in total. The molecule has 0 aliphatic rings. The van der Waals surface area contributed by atoms with Crippen LogP contribution in [0.25, 0.3) is 0 Å². The number of hydrogen-bond donors (Lipinski definition) is 0. The molecular weight excluding hydrogens is 280 g/mol. The SMILES string of the molecule is CCCCCCCCCn1nc(CC)c(C(C)Cl)c1CC. The van der Waals surface area contributed by atoms with E-state index in [1.807, 2.05) is 0 Å². The second-order valence-corrected chi connectivity index (χ2v) is 6.63. The highest BCUT2D eigenvalue weighted by molar-refractivity contribution is 6.20. The van der Waals surface area contributed by atoms with E-state index in [2.05, 4.69) is 32.4 Å². The van der Waals surface area contributed by atoms with Crippen molar-refractivity contribution in [1.82, 2.24) is 9.78 Å². The van der Waals surface area contributed by atoms with Crippen LogP contribution in [0, 0.1) is 0 Å². The second kappa shape index (κ2) is 10.3. The third-order valence-electron chi connectivity index (χ3n) is 4.22. The normalized spacial score (nSPS) is 12.8. The topological polar surface area (TPSA) is 17.8 Å². The van der Waals surface area contributed by atoms with Gasteiger partial charge in [0.1, 0.15) is 0 Å². The first kappa shape index (κ1) is 18.5.